The maximum Gasteiger partial charge on any atom is 0.00461 e. The van der Waals surface area contributed by atoms with Crippen molar-refractivity contribution in [2.75, 3.05) is 12.8 Å². The van der Waals surface area contributed by atoms with Crippen LogP contribution in [-0.4, -0.2) is 24.1 Å². The van der Waals surface area contributed by atoms with Gasteiger partial charge in [-0.05, 0) is 32.6 Å². The summed E-state index contributed by atoms with van der Waals surface area (Å²) >= 11 is 2.12. The van der Waals surface area contributed by atoms with Gasteiger partial charge in [0.1, 0.15) is 0 Å². The highest BCUT2D eigenvalue weighted by molar-refractivity contribution is 7.99. The van der Waals surface area contributed by atoms with Gasteiger partial charge in [-0.1, -0.05) is 26.7 Å². The molecule has 0 aromatic rings. The van der Waals surface area contributed by atoms with Crippen molar-refractivity contribution in [3.63, 3.8) is 0 Å². The molecule has 1 nitrogen and oxygen atoms in total. The number of thioether (sulfide) groups is 1. The highest BCUT2D eigenvalue weighted by Crippen LogP contribution is 2.17. The summed E-state index contributed by atoms with van der Waals surface area (Å²) in [4.78, 5) is 0. The van der Waals surface area contributed by atoms with Crippen molar-refractivity contribution in [3.8, 4) is 0 Å². The normalized spacial score (nSPS) is 15.7. The zero-order valence-corrected chi connectivity index (χ0v) is 10.4. The molecule has 13 heavy (non-hydrogen) atoms. The number of rotatable bonds is 8. The molecule has 0 bridgehead atoms. The van der Waals surface area contributed by atoms with Gasteiger partial charge in [0.15, 0.2) is 0 Å². The largest absolute Gasteiger partial charge is 0.317 e. The smallest absolute Gasteiger partial charge is 0.00461 e. The molecule has 0 aliphatic carbocycles. The lowest BCUT2D eigenvalue weighted by molar-refractivity contribution is 0.564. The van der Waals surface area contributed by atoms with Crippen molar-refractivity contribution < 1.29 is 0 Å². The first-order valence-electron chi connectivity index (χ1n) is 5.49. The van der Waals surface area contributed by atoms with Crippen LogP contribution in [0.2, 0.25) is 0 Å². The van der Waals surface area contributed by atoms with Crippen LogP contribution in [0.1, 0.15) is 46.5 Å². The Morgan fingerprint density at radius 3 is 2.46 bits per heavy atom. The standard InChI is InChI=1S/C11H25NS/c1-5-6-7-8-13-11(3)9-10(2)12-4/h10-12H,5-9H2,1-4H3. The second kappa shape index (κ2) is 8.89. The molecule has 0 aromatic carbocycles. The number of nitrogens with one attached hydrogen (secondary N) is 1. The van der Waals surface area contributed by atoms with E-state index < -0.39 is 0 Å². The quantitative estimate of drug-likeness (QED) is 0.608. The van der Waals surface area contributed by atoms with Crippen molar-refractivity contribution in [1.82, 2.24) is 5.32 Å². The molecule has 2 atom stereocenters. The Kier molecular flexibility index (Phi) is 9.10. The highest BCUT2D eigenvalue weighted by Gasteiger charge is 2.06. The van der Waals surface area contributed by atoms with Crippen LogP contribution in [0.15, 0.2) is 0 Å². The minimum atomic E-state index is 0.661. The Morgan fingerprint density at radius 1 is 1.23 bits per heavy atom. The lowest BCUT2D eigenvalue weighted by atomic mass is 10.2. The van der Waals surface area contributed by atoms with Gasteiger partial charge in [-0.15, -0.1) is 0 Å². The van der Waals surface area contributed by atoms with E-state index in [-0.39, 0.29) is 0 Å². The molecule has 0 spiro atoms. The van der Waals surface area contributed by atoms with Crippen LogP contribution in [0.25, 0.3) is 0 Å². The highest BCUT2D eigenvalue weighted by atomic mass is 32.2. The Labute approximate surface area is 88.1 Å². The molecule has 0 heterocycles. The molecule has 80 valence electrons. The summed E-state index contributed by atoms with van der Waals surface area (Å²) in [6.07, 6.45) is 5.40. The topological polar surface area (TPSA) is 12.0 Å². The Morgan fingerprint density at radius 2 is 1.92 bits per heavy atom. The lowest BCUT2D eigenvalue weighted by Gasteiger charge is -2.16. The monoisotopic (exact) mass is 203 g/mol. The molecule has 0 aromatic heterocycles. The summed E-state index contributed by atoms with van der Waals surface area (Å²) in [5.41, 5.74) is 0. The first kappa shape index (κ1) is 13.3. The van der Waals surface area contributed by atoms with Crippen LogP contribution in [-0.2, 0) is 0 Å². The van der Waals surface area contributed by atoms with E-state index in [2.05, 4.69) is 37.8 Å². The van der Waals surface area contributed by atoms with Gasteiger partial charge in [-0.25, -0.2) is 0 Å². The van der Waals surface area contributed by atoms with E-state index in [0.717, 1.165) is 5.25 Å². The molecule has 0 saturated heterocycles. The molecular weight excluding hydrogens is 178 g/mol. The fourth-order valence-electron chi connectivity index (χ4n) is 1.32. The number of unbranched alkanes of at least 4 members (excludes halogenated alkanes) is 2. The summed E-state index contributed by atoms with van der Waals surface area (Å²) in [5, 5.41) is 4.09. The molecule has 0 aliphatic rings. The van der Waals surface area contributed by atoms with E-state index in [9.17, 15) is 0 Å². The summed E-state index contributed by atoms with van der Waals surface area (Å²) in [6.45, 7) is 6.85. The van der Waals surface area contributed by atoms with E-state index in [1.54, 1.807) is 0 Å². The number of hydrogen-bond acceptors (Lipinski definition) is 2. The summed E-state index contributed by atoms with van der Waals surface area (Å²) in [7, 11) is 2.04. The lowest BCUT2D eigenvalue weighted by Crippen LogP contribution is -2.24. The van der Waals surface area contributed by atoms with E-state index in [1.807, 2.05) is 7.05 Å². The van der Waals surface area contributed by atoms with E-state index >= 15 is 0 Å². The van der Waals surface area contributed by atoms with Crippen LogP contribution < -0.4 is 5.32 Å². The van der Waals surface area contributed by atoms with Gasteiger partial charge < -0.3 is 5.32 Å². The summed E-state index contributed by atoms with van der Waals surface area (Å²) < 4.78 is 0. The number of hydrogen-bond donors (Lipinski definition) is 1. The third-order valence-electron chi connectivity index (χ3n) is 2.33. The van der Waals surface area contributed by atoms with Gasteiger partial charge in [0, 0.05) is 11.3 Å². The molecule has 2 heteroatoms. The summed E-state index contributed by atoms with van der Waals surface area (Å²) in [5.74, 6) is 1.34. The van der Waals surface area contributed by atoms with Crippen molar-refractivity contribution in [2.45, 2.75) is 57.7 Å². The SMILES string of the molecule is CCCCCSC(C)CC(C)NC. The van der Waals surface area contributed by atoms with Gasteiger partial charge in [0.25, 0.3) is 0 Å². The van der Waals surface area contributed by atoms with Gasteiger partial charge >= 0.3 is 0 Å². The molecule has 0 radical (unpaired) electrons. The van der Waals surface area contributed by atoms with Crippen molar-refractivity contribution in [2.24, 2.45) is 0 Å². The van der Waals surface area contributed by atoms with E-state index in [4.69, 9.17) is 0 Å². The molecule has 2 unspecified atom stereocenters. The Balaban J connectivity index is 3.24. The van der Waals surface area contributed by atoms with Gasteiger partial charge in [0.2, 0.25) is 0 Å². The minimum absolute atomic E-state index is 0.661. The van der Waals surface area contributed by atoms with Gasteiger partial charge in [-0.3, -0.25) is 0 Å². The second-order valence-electron chi connectivity index (χ2n) is 3.81. The van der Waals surface area contributed by atoms with Crippen LogP contribution >= 0.6 is 11.8 Å². The minimum Gasteiger partial charge on any atom is -0.317 e. The maximum absolute atomic E-state index is 3.28. The fourth-order valence-corrected chi connectivity index (χ4v) is 2.52. The van der Waals surface area contributed by atoms with E-state index in [1.165, 1.54) is 31.4 Å². The van der Waals surface area contributed by atoms with Crippen molar-refractivity contribution in [1.29, 1.82) is 0 Å². The third-order valence-corrected chi connectivity index (χ3v) is 3.61. The first-order chi connectivity index (χ1) is 6.20. The zero-order chi connectivity index (χ0) is 10.1. The van der Waals surface area contributed by atoms with Gasteiger partial charge in [0.05, 0.1) is 0 Å². The Bertz CT molecular complexity index is 106. The molecule has 0 aliphatic heterocycles. The average molecular weight is 203 g/mol. The summed E-state index contributed by atoms with van der Waals surface area (Å²) in [6, 6.07) is 0.661. The van der Waals surface area contributed by atoms with E-state index in [0.29, 0.717) is 6.04 Å². The molecule has 0 rings (SSSR count). The molecular formula is C11H25NS. The second-order valence-corrected chi connectivity index (χ2v) is 5.36. The van der Waals surface area contributed by atoms with Crippen molar-refractivity contribution >= 4 is 11.8 Å². The van der Waals surface area contributed by atoms with Gasteiger partial charge in [-0.2, -0.15) is 11.8 Å². The fraction of sp³-hybridized carbons (Fsp3) is 1.00. The van der Waals surface area contributed by atoms with Crippen molar-refractivity contribution in [3.05, 3.63) is 0 Å². The third kappa shape index (κ3) is 8.63. The predicted octanol–water partition coefficient (Wildman–Crippen LogP) is 3.30. The molecule has 0 amide bonds. The van der Waals surface area contributed by atoms with Crippen LogP contribution in [0.3, 0.4) is 0 Å². The maximum atomic E-state index is 3.28. The predicted molar refractivity (Wildman–Crippen MR) is 64.6 cm³/mol. The molecule has 0 fully saturated rings. The zero-order valence-electron chi connectivity index (χ0n) is 9.60. The molecule has 1 N–H and O–H groups in total. The Hall–Kier alpha value is 0.310. The van der Waals surface area contributed by atoms with Crippen LogP contribution in [0.4, 0.5) is 0 Å². The molecule has 0 saturated carbocycles. The van der Waals surface area contributed by atoms with Crippen LogP contribution in [0.5, 0.6) is 0 Å². The van der Waals surface area contributed by atoms with Crippen LogP contribution in [0, 0.1) is 0 Å². The average Bonchev–Trinajstić information content (AvgIpc) is 2.12. The first-order valence-corrected chi connectivity index (χ1v) is 6.54.